The third-order valence-electron chi connectivity index (χ3n) is 1.44. The molecule has 0 saturated carbocycles. The van der Waals surface area contributed by atoms with E-state index in [0.29, 0.717) is 5.16 Å². The first-order valence-electron chi connectivity index (χ1n) is 3.74. The quantitative estimate of drug-likeness (QED) is 0.861. The maximum Gasteiger partial charge on any atom is 0.171 e. The average Bonchev–Trinajstić information content (AvgIpc) is 2.62. The third-order valence-corrected chi connectivity index (χ3v) is 2.56. The number of pyridine rings is 1. The van der Waals surface area contributed by atoms with Crippen molar-refractivity contribution in [3.05, 3.63) is 35.5 Å². The Morgan fingerprint density at radius 3 is 2.93 bits per heavy atom. The molecule has 6 heteroatoms. The Labute approximate surface area is 88.7 Å². The van der Waals surface area contributed by atoms with Gasteiger partial charge in [0.05, 0.1) is 5.02 Å². The van der Waals surface area contributed by atoms with E-state index in [1.807, 2.05) is 0 Å². The van der Waals surface area contributed by atoms with Crippen molar-refractivity contribution in [3.8, 4) is 0 Å². The van der Waals surface area contributed by atoms with Gasteiger partial charge in [-0.3, -0.25) is 0 Å². The number of H-pyrrole nitrogens is 1. The van der Waals surface area contributed by atoms with Gasteiger partial charge in [-0.1, -0.05) is 11.6 Å². The molecule has 14 heavy (non-hydrogen) atoms. The summed E-state index contributed by atoms with van der Waals surface area (Å²) in [5, 5.41) is 1.13. The van der Waals surface area contributed by atoms with Gasteiger partial charge in [0.15, 0.2) is 11.0 Å². The standard InChI is InChI=1S/C8H5ClFN3S/c9-5-3-6(10)7(13-4-5)14-8-11-1-2-12-8/h1-4H,(H,11,12). The van der Waals surface area contributed by atoms with E-state index in [1.165, 1.54) is 12.3 Å². The minimum atomic E-state index is -0.445. The fourth-order valence-electron chi connectivity index (χ4n) is 0.875. The van der Waals surface area contributed by atoms with Crippen LogP contribution >= 0.6 is 23.4 Å². The van der Waals surface area contributed by atoms with Gasteiger partial charge in [-0.15, -0.1) is 0 Å². The summed E-state index contributed by atoms with van der Waals surface area (Å²) < 4.78 is 13.2. The van der Waals surface area contributed by atoms with E-state index < -0.39 is 5.82 Å². The van der Waals surface area contributed by atoms with Crippen molar-refractivity contribution >= 4 is 23.4 Å². The van der Waals surface area contributed by atoms with Gasteiger partial charge in [-0.2, -0.15) is 0 Å². The topological polar surface area (TPSA) is 41.6 Å². The molecule has 2 aromatic heterocycles. The lowest BCUT2D eigenvalue weighted by molar-refractivity contribution is 0.587. The average molecular weight is 230 g/mol. The van der Waals surface area contributed by atoms with Crippen LogP contribution in [0, 0.1) is 5.82 Å². The van der Waals surface area contributed by atoms with Crippen LogP contribution in [0.25, 0.3) is 0 Å². The molecule has 0 amide bonds. The first-order valence-corrected chi connectivity index (χ1v) is 4.93. The number of nitrogens with zero attached hydrogens (tertiary/aromatic N) is 2. The largest absolute Gasteiger partial charge is 0.339 e. The normalized spacial score (nSPS) is 10.4. The monoisotopic (exact) mass is 229 g/mol. The third kappa shape index (κ3) is 2.05. The van der Waals surface area contributed by atoms with Crippen LogP contribution in [0.1, 0.15) is 0 Å². The molecule has 2 aromatic rings. The molecule has 3 nitrogen and oxygen atoms in total. The minimum absolute atomic E-state index is 0.254. The second kappa shape index (κ2) is 3.98. The van der Waals surface area contributed by atoms with Crippen molar-refractivity contribution in [1.82, 2.24) is 15.0 Å². The van der Waals surface area contributed by atoms with Gasteiger partial charge >= 0.3 is 0 Å². The van der Waals surface area contributed by atoms with Gasteiger partial charge in [0, 0.05) is 18.6 Å². The zero-order valence-electron chi connectivity index (χ0n) is 6.87. The van der Waals surface area contributed by atoms with E-state index in [-0.39, 0.29) is 10.0 Å². The molecule has 0 unspecified atom stereocenters. The van der Waals surface area contributed by atoms with Gasteiger partial charge in [0.2, 0.25) is 0 Å². The maximum atomic E-state index is 13.2. The molecule has 0 spiro atoms. The summed E-state index contributed by atoms with van der Waals surface area (Å²) >= 11 is 6.68. The molecule has 1 N–H and O–H groups in total. The van der Waals surface area contributed by atoms with Crippen LogP contribution in [-0.2, 0) is 0 Å². The molecule has 0 aromatic carbocycles. The van der Waals surface area contributed by atoms with Crippen LogP contribution in [0.2, 0.25) is 5.02 Å². The van der Waals surface area contributed by atoms with Crippen molar-refractivity contribution in [3.63, 3.8) is 0 Å². The van der Waals surface area contributed by atoms with Gasteiger partial charge in [-0.25, -0.2) is 14.4 Å². The fraction of sp³-hybridized carbons (Fsp3) is 0. The van der Waals surface area contributed by atoms with Crippen LogP contribution in [0.5, 0.6) is 0 Å². The Morgan fingerprint density at radius 2 is 2.29 bits per heavy atom. The van der Waals surface area contributed by atoms with E-state index in [0.717, 1.165) is 11.8 Å². The van der Waals surface area contributed by atoms with Crippen LogP contribution < -0.4 is 0 Å². The van der Waals surface area contributed by atoms with Crippen molar-refractivity contribution in [2.75, 3.05) is 0 Å². The molecule has 0 aliphatic carbocycles. The lowest BCUT2D eigenvalue weighted by Gasteiger charge is -1.98. The summed E-state index contributed by atoms with van der Waals surface area (Å²) in [5.41, 5.74) is 0. The van der Waals surface area contributed by atoms with Crippen LogP contribution in [0.4, 0.5) is 4.39 Å². The van der Waals surface area contributed by atoms with Crippen molar-refractivity contribution in [2.45, 2.75) is 10.2 Å². The number of hydrogen-bond acceptors (Lipinski definition) is 3. The molecular formula is C8H5ClFN3S. The first-order chi connectivity index (χ1) is 6.75. The highest BCUT2D eigenvalue weighted by molar-refractivity contribution is 7.99. The molecule has 0 aliphatic heterocycles. The van der Waals surface area contributed by atoms with Crippen molar-refractivity contribution in [1.29, 1.82) is 0 Å². The first kappa shape index (κ1) is 9.48. The van der Waals surface area contributed by atoms with Crippen LogP contribution in [0.3, 0.4) is 0 Å². The molecule has 2 heterocycles. The Balaban J connectivity index is 2.25. The molecule has 0 atom stereocenters. The predicted octanol–water partition coefficient (Wildman–Crippen LogP) is 2.75. The number of hydrogen-bond donors (Lipinski definition) is 1. The van der Waals surface area contributed by atoms with E-state index in [9.17, 15) is 4.39 Å². The van der Waals surface area contributed by atoms with E-state index >= 15 is 0 Å². The van der Waals surface area contributed by atoms with Gasteiger partial charge in [-0.05, 0) is 17.8 Å². The summed E-state index contributed by atoms with van der Waals surface area (Å²) in [6.45, 7) is 0. The lowest BCUT2D eigenvalue weighted by Crippen LogP contribution is -1.86. The number of imidazole rings is 1. The SMILES string of the molecule is Fc1cc(Cl)cnc1Sc1ncc[nH]1. The summed E-state index contributed by atoms with van der Waals surface area (Å²) in [7, 11) is 0. The molecule has 0 bridgehead atoms. The zero-order valence-corrected chi connectivity index (χ0v) is 8.44. The lowest BCUT2D eigenvalue weighted by atomic mass is 10.5. The number of halogens is 2. The molecule has 2 rings (SSSR count). The molecule has 72 valence electrons. The molecular weight excluding hydrogens is 225 g/mol. The fourth-order valence-corrected chi connectivity index (χ4v) is 1.71. The number of aromatic amines is 1. The molecule has 0 aliphatic rings. The van der Waals surface area contributed by atoms with E-state index in [1.54, 1.807) is 12.4 Å². The zero-order chi connectivity index (χ0) is 9.97. The van der Waals surface area contributed by atoms with Crippen LogP contribution in [0.15, 0.2) is 34.8 Å². The highest BCUT2D eigenvalue weighted by Gasteiger charge is 2.07. The summed E-state index contributed by atoms with van der Waals surface area (Å²) in [6.07, 6.45) is 4.65. The number of nitrogens with one attached hydrogen (secondary N) is 1. The van der Waals surface area contributed by atoms with E-state index in [2.05, 4.69) is 15.0 Å². The molecule has 0 fully saturated rings. The Hall–Kier alpha value is -1.07. The predicted molar refractivity (Wildman–Crippen MR) is 51.9 cm³/mol. The number of aromatic nitrogens is 3. The summed E-state index contributed by atoms with van der Waals surface area (Å²) in [5.74, 6) is -0.445. The second-order valence-electron chi connectivity index (χ2n) is 2.44. The van der Waals surface area contributed by atoms with Crippen molar-refractivity contribution < 1.29 is 4.39 Å². The Morgan fingerprint density at radius 1 is 1.43 bits per heavy atom. The van der Waals surface area contributed by atoms with Gasteiger partial charge in [0.1, 0.15) is 5.03 Å². The maximum absolute atomic E-state index is 13.2. The molecule has 0 saturated heterocycles. The highest BCUT2D eigenvalue weighted by atomic mass is 35.5. The summed E-state index contributed by atoms with van der Waals surface area (Å²) in [4.78, 5) is 10.6. The summed E-state index contributed by atoms with van der Waals surface area (Å²) in [6, 6.07) is 1.22. The van der Waals surface area contributed by atoms with Crippen LogP contribution in [-0.4, -0.2) is 15.0 Å². The highest BCUT2D eigenvalue weighted by Crippen LogP contribution is 2.26. The van der Waals surface area contributed by atoms with Gasteiger partial charge < -0.3 is 4.98 Å². The van der Waals surface area contributed by atoms with Gasteiger partial charge in [0.25, 0.3) is 0 Å². The van der Waals surface area contributed by atoms with E-state index in [4.69, 9.17) is 11.6 Å². The molecule has 0 radical (unpaired) electrons. The second-order valence-corrected chi connectivity index (χ2v) is 3.85. The number of rotatable bonds is 2. The minimum Gasteiger partial charge on any atom is -0.339 e. The van der Waals surface area contributed by atoms with Crippen molar-refractivity contribution in [2.24, 2.45) is 0 Å². The Kier molecular flexibility index (Phi) is 2.69. The Bertz CT molecular complexity index is 432. The smallest absolute Gasteiger partial charge is 0.171 e.